The molecule has 0 saturated heterocycles. The van der Waals surface area contributed by atoms with Crippen LogP contribution in [0.4, 0.5) is 13.2 Å². The average Bonchev–Trinajstić information content (AvgIpc) is 3.44. The molecule has 39 heavy (non-hydrogen) atoms. The van der Waals surface area contributed by atoms with E-state index in [-0.39, 0.29) is 33.3 Å². The number of carbonyl (C=O) groups excluding carboxylic acids is 1. The Morgan fingerprint density at radius 1 is 1.15 bits per heavy atom. The Labute approximate surface area is 240 Å². The van der Waals surface area contributed by atoms with E-state index in [9.17, 15) is 23.2 Å². The molecule has 2 heterocycles. The normalized spacial score (nSPS) is 11.6. The molecule has 4 aromatic rings. The first-order valence-electron chi connectivity index (χ1n) is 11.3. The minimum atomic E-state index is -4.70. The minimum Gasteiger partial charge on any atom is -0.464 e. The second kappa shape index (κ2) is 11.2. The number of nitrogens with zero attached hydrogens (tertiary/aromatic N) is 4. The van der Waals surface area contributed by atoms with Crippen LogP contribution in [0.3, 0.4) is 0 Å². The molecule has 0 aliphatic heterocycles. The summed E-state index contributed by atoms with van der Waals surface area (Å²) in [6, 6.07) is 9.76. The summed E-state index contributed by atoms with van der Waals surface area (Å²) in [5.41, 5.74) is 0.286. The minimum absolute atomic E-state index is 0.00330. The summed E-state index contributed by atoms with van der Waals surface area (Å²) in [5, 5.41) is 15.0. The number of thioether (sulfide) groups is 1. The predicted molar refractivity (Wildman–Crippen MR) is 147 cm³/mol. The zero-order valence-corrected chi connectivity index (χ0v) is 24.0. The molecule has 6 nitrogen and oxygen atoms in total. The van der Waals surface area contributed by atoms with Crippen LogP contribution >= 0.6 is 46.3 Å². The third-order valence-electron chi connectivity index (χ3n) is 5.42. The Hall–Kier alpha value is -3.04. The first kappa shape index (κ1) is 29.0. The lowest BCUT2D eigenvalue weighted by Crippen LogP contribution is -2.12. The summed E-state index contributed by atoms with van der Waals surface area (Å²) in [6.45, 7) is 5.58. The predicted octanol–water partition coefficient (Wildman–Crippen LogP) is 8.46. The Balaban J connectivity index is 1.98. The Morgan fingerprint density at radius 2 is 1.87 bits per heavy atom. The molecule has 2 aromatic heterocycles. The molecule has 202 valence electrons. The Bertz CT molecular complexity index is 1620. The van der Waals surface area contributed by atoms with Crippen LogP contribution in [-0.2, 0) is 10.9 Å². The van der Waals surface area contributed by atoms with Crippen LogP contribution in [0.2, 0.25) is 10.0 Å². The highest BCUT2D eigenvalue weighted by atomic mass is 35.5. The van der Waals surface area contributed by atoms with Gasteiger partial charge in [0.2, 0.25) is 5.13 Å². The topological polar surface area (TPSA) is 80.8 Å². The lowest BCUT2D eigenvalue weighted by Gasteiger charge is -2.11. The smallest absolute Gasteiger partial charge is 0.416 e. The molecule has 4 rings (SSSR count). The second-order valence-electron chi connectivity index (χ2n) is 8.55. The van der Waals surface area contributed by atoms with Crippen LogP contribution in [0, 0.1) is 18.3 Å². The fourth-order valence-electron chi connectivity index (χ4n) is 3.80. The lowest BCUT2D eigenvalue weighted by atomic mass is 9.98. The monoisotopic (exact) mass is 610 g/mol. The van der Waals surface area contributed by atoms with Crippen molar-refractivity contribution in [1.82, 2.24) is 14.8 Å². The van der Waals surface area contributed by atoms with Crippen LogP contribution in [-0.4, -0.2) is 33.1 Å². The fraction of sp³-hybridized carbons (Fsp3) is 0.231. The lowest BCUT2D eigenvalue weighted by molar-refractivity contribution is -0.137. The number of thiazole rings is 1. The van der Waals surface area contributed by atoms with Crippen molar-refractivity contribution in [2.24, 2.45) is 0 Å². The third kappa shape index (κ3) is 5.94. The number of aryl methyl sites for hydroxylation is 1. The molecule has 0 bridgehead atoms. The number of hydrogen-bond donors (Lipinski definition) is 0. The van der Waals surface area contributed by atoms with Crippen molar-refractivity contribution in [1.29, 1.82) is 5.26 Å². The maximum Gasteiger partial charge on any atom is 0.416 e. The largest absolute Gasteiger partial charge is 0.464 e. The van der Waals surface area contributed by atoms with Gasteiger partial charge in [-0.15, -0.1) is 11.8 Å². The van der Waals surface area contributed by atoms with E-state index in [1.807, 2.05) is 13.8 Å². The molecule has 0 saturated carbocycles. The molecule has 0 spiro atoms. The zero-order valence-electron chi connectivity index (χ0n) is 20.9. The quantitative estimate of drug-likeness (QED) is 0.161. The summed E-state index contributed by atoms with van der Waals surface area (Å²) in [6.07, 6.45) is -4.70. The molecular weight excluding hydrogens is 592 g/mol. The van der Waals surface area contributed by atoms with Crippen LogP contribution in [0.15, 0.2) is 40.6 Å². The van der Waals surface area contributed by atoms with Gasteiger partial charge in [0.05, 0.1) is 49.9 Å². The zero-order chi connectivity index (χ0) is 28.6. The van der Waals surface area contributed by atoms with Crippen molar-refractivity contribution in [3.8, 4) is 33.6 Å². The van der Waals surface area contributed by atoms with Gasteiger partial charge in [-0.25, -0.2) is 9.78 Å². The maximum absolute atomic E-state index is 13.6. The Kier molecular flexibility index (Phi) is 8.33. The fourth-order valence-corrected chi connectivity index (χ4v) is 6.58. The van der Waals surface area contributed by atoms with Crippen LogP contribution < -0.4 is 0 Å². The molecule has 0 aliphatic carbocycles. The summed E-state index contributed by atoms with van der Waals surface area (Å²) in [4.78, 5) is 17.8. The van der Waals surface area contributed by atoms with Gasteiger partial charge >= 0.3 is 12.1 Å². The molecule has 13 heteroatoms. The number of benzene rings is 2. The van der Waals surface area contributed by atoms with Crippen molar-refractivity contribution in [3.63, 3.8) is 0 Å². The summed E-state index contributed by atoms with van der Waals surface area (Å²) < 4.78 is 47.9. The van der Waals surface area contributed by atoms with E-state index in [1.165, 1.54) is 22.1 Å². The van der Waals surface area contributed by atoms with Gasteiger partial charge in [-0.2, -0.15) is 28.2 Å². The molecule has 0 radical (unpaired) electrons. The molecule has 0 N–H and O–H groups in total. The van der Waals surface area contributed by atoms with Gasteiger partial charge in [0.1, 0.15) is 0 Å². The number of halogens is 5. The van der Waals surface area contributed by atoms with Crippen molar-refractivity contribution in [2.45, 2.75) is 36.4 Å². The average molecular weight is 611 g/mol. The first-order chi connectivity index (χ1) is 18.3. The van der Waals surface area contributed by atoms with E-state index < -0.39 is 17.7 Å². The number of rotatable bonds is 6. The Morgan fingerprint density at radius 3 is 2.46 bits per heavy atom. The van der Waals surface area contributed by atoms with Gasteiger partial charge in [0, 0.05) is 16.4 Å². The number of nitriles is 1. The molecule has 0 unspecified atom stereocenters. The van der Waals surface area contributed by atoms with Gasteiger partial charge in [-0.1, -0.05) is 54.5 Å². The van der Waals surface area contributed by atoms with E-state index in [1.54, 1.807) is 43.0 Å². The number of methoxy groups -OCH3 is 1. The highest BCUT2D eigenvalue weighted by Gasteiger charge is 2.33. The van der Waals surface area contributed by atoms with E-state index in [2.05, 4.69) is 5.10 Å². The highest BCUT2D eigenvalue weighted by molar-refractivity contribution is 8.01. The van der Waals surface area contributed by atoms with Crippen LogP contribution in [0.5, 0.6) is 0 Å². The molecular formula is C26H19Cl2F3N4O2S2. The van der Waals surface area contributed by atoms with Crippen molar-refractivity contribution in [3.05, 3.63) is 69.0 Å². The summed E-state index contributed by atoms with van der Waals surface area (Å²) in [5.74, 6) is -0.828. The van der Waals surface area contributed by atoms with Crippen molar-refractivity contribution < 1.29 is 22.7 Å². The van der Waals surface area contributed by atoms with Crippen LogP contribution in [0.1, 0.15) is 41.2 Å². The van der Waals surface area contributed by atoms with Crippen LogP contribution in [0.25, 0.3) is 27.5 Å². The molecule has 0 aliphatic rings. The van der Waals surface area contributed by atoms with Gasteiger partial charge < -0.3 is 4.74 Å². The number of aromatic nitrogens is 3. The standard InChI is InChI=1S/C26H19Cl2F3N4O2S2/c1-12(2)38-24-21(15-5-6-18(27)19(28)10-15)33-25(39-24)35-22(23(36)37-4)20(13(3)34-35)16-7-14(11-32)8-17(9-16)26(29,30)31/h5-10,12H,1-4H3. The van der Waals surface area contributed by atoms with E-state index in [0.29, 0.717) is 26.4 Å². The van der Waals surface area contributed by atoms with E-state index >= 15 is 0 Å². The van der Waals surface area contributed by atoms with Crippen molar-refractivity contribution >= 4 is 52.3 Å². The third-order valence-corrected chi connectivity index (χ3v) is 8.40. The second-order valence-corrected chi connectivity index (χ2v) is 12.2. The van der Waals surface area contributed by atoms with Crippen molar-refractivity contribution in [2.75, 3.05) is 7.11 Å². The van der Waals surface area contributed by atoms with Gasteiger partial charge in [-0.05, 0) is 42.8 Å². The number of ether oxygens (including phenoxy) is 1. The molecule has 2 aromatic carbocycles. The molecule has 0 fully saturated rings. The SMILES string of the molecule is COC(=O)c1c(-c2cc(C#N)cc(C(F)(F)F)c2)c(C)nn1-c1nc(-c2ccc(Cl)c(Cl)c2)c(SC(C)C)s1. The summed E-state index contributed by atoms with van der Waals surface area (Å²) in [7, 11) is 1.16. The summed E-state index contributed by atoms with van der Waals surface area (Å²) >= 11 is 15.1. The van der Waals surface area contributed by atoms with Gasteiger partial charge in [0.25, 0.3) is 0 Å². The first-order valence-corrected chi connectivity index (χ1v) is 13.7. The van der Waals surface area contributed by atoms with Gasteiger partial charge in [0.15, 0.2) is 5.69 Å². The number of esters is 1. The molecule has 0 atom stereocenters. The maximum atomic E-state index is 13.6. The number of carbonyl (C=O) groups is 1. The highest BCUT2D eigenvalue weighted by Crippen LogP contribution is 2.42. The van der Waals surface area contributed by atoms with E-state index in [4.69, 9.17) is 32.9 Å². The number of alkyl halides is 3. The molecule has 0 amide bonds. The number of hydrogen-bond acceptors (Lipinski definition) is 7. The van der Waals surface area contributed by atoms with E-state index in [0.717, 1.165) is 23.5 Å². The van der Waals surface area contributed by atoms with Gasteiger partial charge in [-0.3, -0.25) is 0 Å².